The Kier molecular flexibility index (Phi) is 5.94. The molecule has 0 aromatic heterocycles. The van der Waals surface area contributed by atoms with E-state index in [1.165, 1.54) is 38.5 Å². The molecule has 1 saturated carbocycles. The molecule has 2 nitrogen and oxygen atoms in total. The quantitative estimate of drug-likeness (QED) is 0.771. The van der Waals surface area contributed by atoms with Gasteiger partial charge < -0.3 is 10.6 Å². The predicted octanol–water partition coefficient (Wildman–Crippen LogP) is 3.40. The Morgan fingerprint density at radius 2 is 1.76 bits per heavy atom. The molecule has 0 heterocycles. The molecule has 0 aromatic carbocycles. The minimum Gasteiger partial charge on any atom is -0.324 e. The van der Waals surface area contributed by atoms with Crippen LogP contribution in [-0.4, -0.2) is 30.1 Å². The van der Waals surface area contributed by atoms with Crippen LogP contribution in [0.4, 0.5) is 0 Å². The fourth-order valence-corrected chi connectivity index (χ4v) is 3.34. The van der Waals surface area contributed by atoms with Crippen LogP contribution in [0.5, 0.6) is 0 Å². The zero-order chi connectivity index (χ0) is 12.9. The first-order valence-corrected chi connectivity index (χ1v) is 7.47. The van der Waals surface area contributed by atoms with Crippen molar-refractivity contribution in [3.05, 3.63) is 0 Å². The monoisotopic (exact) mass is 240 g/mol. The van der Waals surface area contributed by atoms with Crippen molar-refractivity contribution in [3.63, 3.8) is 0 Å². The molecule has 0 amide bonds. The average Bonchev–Trinajstić information content (AvgIpc) is 2.28. The summed E-state index contributed by atoms with van der Waals surface area (Å²) < 4.78 is 0. The Balaban J connectivity index is 2.36. The van der Waals surface area contributed by atoms with Crippen molar-refractivity contribution in [2.24, 2.45) is 11.7 Å². The maximum Gasteiger partial charge on any atom is 0.0254 e. The Hall–Kier alpha value is -0.0800. The van der Waals surface area contributed by atoms with E-state index in [1.54, 1.807) is 0 Å². The van der Waals surface area contributed by atoms with Crippen molar-refractivity contribution in [2.75, 3.05) is 13.6 Å². The van der Waals surface area contributed by atoms with Crippen LogP contribution in [0, 0.1) is 5.92 Å². The molecule has 1 aliphatic carbocycles. The lowest BCUT2D eigenvalue weighted by Crippen LogP contribution is -2.50. The molecule has 17 heavy (non-hydrogen) atoms. The van der Waals surface area contributed by atoms with E-state index in [4.69, 9.17) is 5.73 Å². The molecule has 2 N–H and O–H groups in total. The second-order valence-electron chi connectivity index (χ2n) is 6.40. The van der Waals surface area contributed by atoms with Gasteiger partial charge in [0, 0.05) is 18.1 Å². The second kappa shape index (κ2) is 6.75. The van der Waals surface area contributed by atoms with Gasteiger partial charge in [0.05, 0.1) is 0 Å². The lowest BCUT2D eigenvalue weighted by molar-refractivity contribution is 0.135. The van der Waals surface area contributed by atoms with Gasteiger partial charge in [-0.15, -0.1) is 0 Å². The van der Waals surface area contributed by atoms with Crippen LogP contribution in [-0.2, 0) is 0 Å². The number of rotatable bonds is 6. The van der Waals surface area contributed by atoms with Gasteiger partial charge in [0.15, 0.2) is 0 Å². The number of nitrogens with two attached hydrogens (primary N) is 1. The van der Waals surface area contributed by atoms with Gasteiger partial charge in [0.2, 0.25) is 0 Å². The minimum absolute atomic E-state index is 0.00882. The maximum absolute atomic E-state index is 6.35. The first-order valence-electron chi connectivity index (χ1n) is 7.47. The van der Waals surface area contributed by atoms with E-state index < -0.39 is 0 Å². The lowest BCUT2D eigenvalue weighted by Gasteiger charge is -2.38. The van der Waals surface area contributed by atoms with Crippen molar-refractivity contribution in [1.29, 1.82) is 0 Å². The van der Waals surface area contributed by atoms with Gasteiger partial charge in [-0.1, -0.05) is 26.7 Å². The summed E-state index contributed by atoms with van der Waals surface area (Å²) in [4.78, 5) is 2.52. The third kappa shape index (κ3) is 4.97. The van der Waals surface area contributed by atoms with E-state index in [0.29, 0.717) is 0 Å². The molecule has 0 aromatic rings. The zero-order valence-corrected chi connectivity index (χ0v) is 12.3. The molecular formula is C15H32N2. The summed E-state index contributed by atoms with van der Waals surface area (Å²) in [5, 5.41) is 0. The molecule has 0 spiro atoms. The lowest BCUT2D eigenvalue weighted by atomic mass is 9.83. The van der Waals surface area contributed by atoms with Crippen LogP contribution < -0.4 is 5.73 Å². The van der Waals surface area contributed by atoms with Crippen molar-refractivity contribution in [3.8, 4) is 0 Å². The number of hydrogen-bond donors (Lipinski definition) is 1. The fourth-order valence-electron chi connectivity index (χ4n) is 3.34. The summed E-state index contributed by atoms with van der Waals surface area (Å²) >= 11 is 0. The Morgan fingerprint density at radius 1 is 1.18 bits per heavy atom. The van der Waals surface area contributed by atoms with Gasteiger partial charge >= 0.3 is 0 Å². The van der Waals surface area contributed by atoms with E-state index in [-0.39, 0.29) is 5.54 Å². The van der Waals surface area contributed by atoms with Gasteiger partial charge in [-0.2, -0.15) is 0 Å². The number of likely N-dealkylation sites (N-methyl/N-ethyl adjacent to an activating group) is 1. The summed E-state index contributed by atoms with van der Waals surface area (Å²) in [5.74, 6) is 0.986. The zero-order valence-electron chi connectivity index (χ0n) is 12.3. The van der Waals surface area contributed by atoms with Crippen LogP contribution in [0.25, 0.3) is 0 Å². The Morgan fingerprint density at radius 3 is 2.24 bits per heavy atom. The third-order valence-electron chi connectivity index (χ3n) is 4.45. The Bertz CT molecular complexity index is 205. The molecule has 1 atom stereocenters. The summed E-state index contributed by atoms with van der Waals surface area (Å²) in [6.07, 6.45) is 9.25. The maximum atomic E-state index is 6.35. The molecule has 2 heteroatoms. The summed E-state index contributed by atoms with van der Waals surface area (Å²) in [7, 11) is 2.26. The molecule has 1 rings (SSSR count). The smallest absolute Gasteiger partial charge is 0.0254 e. The first kappa shape index (κ1) is 15.0. The van der Waals surface area contributed by atoms with Crippen molar-refractivity contribution < 1.29 is 0 Å². The highest BCUT2D eigenvalue weighted by Gasteiger charge is 2.27. The highest BCUT2D eigenvalue weighted by molar-refractivity contribution is 4.85. The first-order chi connectivity index (χ1) is 7.98. The normalized spacial score (nSPS) is 29.3. The third-order valence-corrected chi connectivity index (χ3v) is 4.45. The minimum atomic E-state index is -0.00882. The highest BCUT2D eigenvalue weighted by atomic mass is 15.1. The van der Waals surface area contributed by atoms with Crippen LogP contribution >= 0.6 is 0 Å². The summed E-state index contributed by atoms with van der Waals surface area (Å²) in [6, 6.07) is 0.775. The van der Waals surface area contributed by atoms with Crippen molar-refractivity contribution >= 4 is 0 Å². The molecule has 0 saturated heterocycles. The highest BCUT2D eigenvalue weighted by Crippen LogP contribution is 2.29. The number of hydrogen-bond acceptors (Lipinski definition) is 2. The SMILES string of the molecule is CCCC(C)(N)CN(C)C1CCC(CC)CC1. The van der Waals surface area contributed by atoms with Gasteiger partial charge in [0.25, 0.3) is 0 Å². The van der Waals surface area contributed by atoms with Crippen LogP contribution in [0.1, 0.15) is 65.7 Å². The number of nitrogens with zero attached hydrogens (tertiary/aromatic N) is 1. The molecule has 0 aliphatic heterocycles. The Labute approximate surface area is 108 Å². The van der Waals surface area contributed by atoms with Crippen LogP contribution in [0.2, 0.25) is 0 Å². The van der Waals surface area contributed by atoms with Crippen LogP contribution in [0.3, 0.4) is 0 Å². The van der Waals surface area contributed by atoms with Gasteiger partial charge in [-0.05, 0) is 52.0 Å². The van der Waals surface area contributed by atoms with E-state index >= 15 is 0 Å². The van der Waals surface area contributed by atoms with Gasteiger partial charge in [0.1, 0.15) is 0 Å². The second-order valence-corrected chi connectivity index (χ2v) is 6.40. The van der Waals surface area contributed by atoms with E-state index in [0.717, 1.165) is 24.9 Å². The van der Waals surface area contributed by atoms with Crippen molar-refractivity contribution in [2.45, 2.75) is 77.3 Å². The predicted molar refractivity (Wildman–Crippen MR) is 76.2 cm³/mol. The van der Waals surface area contributed by atoms with Gasteiger partial charge in [-0.25, -0.2) is 0 Å². The molecule has 0 bridgehead atoms. The molecule has 1 unspecified atom stereocenters. The van der Waals surface area contributed by atoms with Gasteiger partial charge in [-0.3, -0.25) is 0 Å². The van der Waals surface area contributed by atoms with E-state index in [9.17, 15) is 0 Å². The molecule has 0 radical (unpaired) electrons. The fraction of sp³-hybridized carbons (Fsp3) is 1.00. The van der Waals surface area contributed by atoms with Crippen LogP contribution in [0.15, 0.2) is 0 Å². The summed E-state index contributed by atoms with van der Waals surface area (Å²) in [5.41, 5.74) is 6.34. The topological polar surface area (TPSA) is 29.3 Å². The largest absolute Gasteiger partial charge is 0.324 e. The average molecular weight is 240 g/mol. The standard InChI is InChI=1S/C15H32N2/c1-5-11-15(3,16)12-17(4)14-9-7-13(6-2)8-10-14/h13-14H,5-12,16H2,1-4H3. The van der Waals surface area contributed by atoms with E-state index in [2.05, 4.69) is 32.7 Å². The van der Waals surface area contributed by atoms with Crippen molar-refractivity contribution in [1.82, 2.24) is 4.90 Å². The summed E-state index contributed by atoms with van der Waals surface area (Å²) in [6.45, 7) is 7.79. The molecule has 1 fully saturated rings. The molecule has 1 aliphatic rings. The van der Waals surface area contributed by atoms with E-state index in [1.807, 2.05) is 0 Å². The molecule has 102 valence electrons. The molecular weight excluding hydrogens is 208 g/mol.